The quantitative estimate of drug-likeness (QED) is 0.725. The molecule has 1 aromatic heterocycles. The van der Waals surface area contributed by atoms with E-state index in [2.05, 4.69) is 15.9 Å². The zero-order chi connectivity index (χ0) is 14.0. The third-order valence-corrected chi connectivity index (χ3v) is 4.98. The van der Waals surface area contributed by atoms with Gasteiger partial charge in [-0.05, 0) is 36.1 Å². The number of rotatable bonds is 4. The van der Waals surface area contributed by atoms with Gasteiger partial charge in [0.1, 0.15) is 5.75 Å². The molecule has 0 N–H and O–H groups in total. The highest BCUT2D eigenvalue weighted by Crippen LogP contribution is 2.30. The predicted octanol–water partition coefficient (Wildman–Crippen LogP) is 4.91. The molecule has 2 nitrogen and oxygen atoms in total. The van der Waals surface area contributed by atoms with Gasteiger partial charge in [-0.25, -0.2) is 0 Å². The lowest BCUT2D eigenvalue weighted by Crippen LogP contribution is -2.04. The van der Waals surface area contributed by atoms with Crippen LogP contribution in [0.25, 0.3) is 0 Å². The average molecular weight is 360 g/mol. The van der Waals surface area contributed by atoms with Crippen molar-refractivity contribution in [3.63, 3.8) is 0 Å². The summed E-state index contributed by atoms with van der Waals surface area (Å²) in [6.07, 6.45) is 0.280. The van der Waals surface area contributed by atoms with Crippen molar-refractivity contribution >= 4 is 44.7 Å². The van der Waals surface area contributed by atoms with Crippen LogP contribution in [0.5, 0.6) is 5.75 Å². The van der Waals surface area contributed by atoms with Crippen LogP contribution in [0.1, 0.15) is 20.8 Å². The van der Waals surface area contributed by atoms with Gasteiger partial charge in [-0.15, -0.1) is 11.3 Å². The van der Waals surface area contributed by atoms with Gasteiger partial charge in [0.15, 0.2) is 5.78 Å². The number of hydrogen-bond donors (Lipinski definition) is 0. The Bertz CT molecular complexity index is 622. The van der Waals surface area contributed by atoms with Gasteiger partial charge in [0.05, 0.1) is 17.0 Å². The van der Waals surface area contributed by atoms with E-state index in [4.69, 9.17) is 16.3 Å². The zero-order valence-corrected chi connectivity index (χ0v) is 13.7. The first kappa shape index (κ1) is 14.6. The molecule has 0 fully saturated rings. The monoisotopic (exact) mass is 358 g/mol. The number of hydrogen-bond acceptors (Lipinski definition) is 3. The van der Waals surface area contributed by atoms with Crippen molar-refractivity contribution in [1.29, 1.82) is 0 Å². The Morgan fingerprint density at radius 3 is 2.79 bits per heavy atom. The maximum absolute atomic E-state index is 12.3. The van der Waals surface area contributed by atoms with Crippen LogP contribution in [0.15, 0.2) is 28.1 Å². The van der Waals surface area contributed by atoms with E-state index < -0.39 is 0 Å². The fourth-order valence-electron chi connectivity index (χ4n) is 1.76. The topological polar surface area (TPSA) is 26.3 Å². The molecule has 0 bridgehead atoms. The summed E-state index contributed by atoms with van der Waals surface area (Å²) in [5.41, 5.74) is 1.79. The predicted molar refractivity (Wildman–Crippen MR) is 82.8 cm³/mol. The number of carbonyl (C=O) groups is 1. The molecule has 0 aliphatic carbocycles. The van der Waals surface area contributed by atoms with Gasteiger partial charge in [0.2, 0.25) is 0 Å². The van der Waals surface area contributed by atoms with Crippen LogP contribution in [0.2, 0.25) is 5.02 Å². The molecular formula is C14H12BrClO2S. The molecule has 0 unspecified atom stereocenters. The summed E-state index contributed by atoms with van der Waals surface area (Å²) >= 11 is 10.9. The summed E-state index contributed by atoms with van der Waals surface area (Å²) in [6.45, 7) is 1.90. The van der Waals surface area contributed by atoms with Crippen molar-refractivity contribution in [3.05, 3.63) is 49.1 Å². The second-order valence-electron chi connectivity index (χ2n) is 4.12. The second-order valence-corrected chi connectivity index (χ2v) is 6.29. The van der Waals surface area contributed by atoms with E-state index in [-0.39, 0.29) is 12.2 Å². The van der Waals surface area contributed by atoms with Gasteiger partial charge < -0.3 is 4.74 Å². The summed E-state index contributed by atoms with van der Waals surface area (Å²) in [5, 5.41) is 2.46. The number of methoxy groups -OCH3 is 1. The molecule has 100 valence electrons. The number of ketones is 1. The number of Topliss-reactive ketones (excluding diaryl/α,β-unsaturated/α-hetero) is 1. The highest BCUT2D eigenvalue weighted by molar-refractivity contribution is 9.10. The fourth-order valence-corrected chi connectivity index (χ4v) is 3.40. The van der Waals surface area contributed by atoms with Crippen molar-refractivity contribution in [2.24, 2.45) is 0 Å². The molecule has 0 saturated heterocycles. The lowest BCUT2D eigenvalue weighted by Gasteiger charge is -2.08. The molecule has 0 radical (unpaired) electrons. The molecule has 1 aromatic carbocycles. The number of halogens is 2. The van der Waals surface area contributed by atoms with Gasteiger partial charge in [-0.1, -0.05) is 27.5 Å². The standard InChI is InChI=1S/C14H12BrClO2S/c1-8-7-19-14(13(8)16)11(17)6-9-5-10(15)3-4-12(9)18-2/h3-5,7H,6H2,1-2H3. The van der Waals surface area contributed by atoms with Crippen LogP contribution in [-0.2, 0) is 6.42 Å². The molecule has 0 aliphatic rings. The Morgan fingerprint density at radius 1 is 1.47 bits per heavy atom. The van der Waals surface area contributed by atoms with E-state index >= 15 is 0 Å². The van der Waals surface area contributed by atoms with E-state index in [1.165, 1.54) is 11.3 Å². The van der Waals surface area contributed by atoms with Crippen LogP contribution in [-0.4, -0.2) is 12.9 Å². The normalized spacial score (nSPS) is 10.5. The van der Waals surface area contributed by atoms with Crippen molar-refractivity contribution in [2.45, 2.75) is 13.3 Å². The van der Waals surface area contributed by atoms with Gasteiger partial charge >= 0.3 is 0 Å². The van der Waals surface area contributed by atoms with Gasteiger partial charge in [-0.3, -0.25) is 4.79 Å². The van der Waals surface area contributed by atoms with Crippen LogP contribution < -0.4 is 4.74 Å². The van der Waals surface area contributed by atoms with Crippen molar-refractivity contribution < 1.29 is 9.53 Å². The average Bonchev–Trinajstić information content (AvgIpc) is 2.70. The van der Waals surface area contributed by atoms with E-state index in [1.54, 1.807) is 7.11 Å². The van der Waals surface area contributed by atoms with E-state index in [0.29, 0.717) is 15.6 Å². The molecule has 2 rings (SSSR count). The Hall–Kier alpha value is -0.840. The van der Waals surface area contributed by atoms with Crippen LogP contribution in [0.4, 0.5) is 0 Å². The second kappa shape index (κ2) is 6.07. The first-order valence-electron chi connectivity index (χ1n) is 5.62. The smallest absolute Gasteiger partial charge is 0.178 e. The Labute approximate surface area is 129 Å². The number of carbonyl (C=O) groups excluding carboxylic acids is 1. The third kappa shape index (κ3) is 3.19. The molecule has 0 spiro atoms. The third-order valence-electron chi connectivity index (χ3n) is 2.75. The highest BCUT2D eigenvalue weighted by atomic mass is 79.9. The van der Waals surface area contributed by atoms with Crippen molar-refractivity contribution in [2.75, 3.05) is 7.11 Å². The summed E-state index contributed by atoms with van der Waals surface area (Å²) in [5.74, 6) is 0.723. The van der Waals surface area contributed by atoms with Crippen molar-refractivity contribution in [3.8, 4) is 5.75 Å². The zero-order valence-electron chi connectivity index (χ0n) is 10.5. The van der Waals surface area contributed by atoms with Crippen LogP contribution in [0, 0.1) is 6.92 Å². The Balaban J connectivity index is 2.28. The molecule has 0 atom stereocenters. The van der Waals surface area contributed by atoms with Crippen LogP contribution >= 0.6 is 38.9 Å². The first-order valence-corrected chi connectivity index (χ1v) is 7.67. The number of thiophene rings is 1. The van der Waals surface area contributed by atoms with Gasteiger partial charge in [0.25, 0.3) is 0 Å². The summed E-state index contributed by atoms with van der Waals surface area (Å²) < 4.78 is 6.19. The Morgan fingerprint density at radius 2 is 2.21 bits per heavy atom. The molecule has 0 saturated carbocycles. The summed E-state index contributed by atoms with van der Waals surface area (Å²) in [4.78, 5) is 12.9. The molecule has 1 heterocycles. The van der Waals surface area contributed by atoms with E-state index in [1.807, 2.05) is 30.5 Å². The maximum atomic E-state index is 12.3. The summed E-state index contributed by atoms with van der Waals surface area (Å²) in [7, 11) is 1.60. The molecular weight excluding hydrogens is 348 g/mol. The molecule has 0 aliphatic heterocycles. The fraction of sp³-hybridized carbons (Fsp3) is 0.214. The van der Waals surface area contributed by atoms with Gasteiger partial charge in [-0.2, -0.15) is 0 Å². The van der Waals surface area contributed by atoms with Gasteiger partial charge in [0, 0.05) is 16.5 Å². The van der Waals surface area contributed by atoms with Crippen molar-refractivity contribution in [1.82, 2.24) is 0 Å². The number of aryl methyl sites for hydroxylation is 1. The Kier molecular flexibility index (Phi) is 4.66. The van der Waals surface area contributed by atoms with Crippen LogP contribution in [0.3, 0.4) is 0 Å². The summed E-state index contributed by atoms with van der Waals surface area (Å²) in [6, 6.07) is 5.62. The largest absolute Gasteiger partial charge is 0.496 e. The van der Waals surface area contributed by atoms with E-state index in [0.717, 1.165) is 15.6 Å². The molecule has 19 heavy (non-hydrogen) atoms. The SMILES string of the molecule is COc1ccc(Br)cc1CC(=O)c1scc(C)c1Cl. The highest BCUT2D eigenvalue weighted by Gasteiger charge is 2.17. The molecule has 2 aromatic rings. The minimum Gasteiger partial charge on any atom is -0.496 e. The minimum absolute atomic E-state index is 0.0134. The van der Waals surface area contributed by atoms with E-state index in [9.17, 15) is 4.79 Å². The number of ether oxygens (including phenoxy) is 1. The minimum atomic E-state index is 0.0134. The maximum Gasteiger partial charge on any atom is 0.178 e. The molecule has 5 heteroatoms. The lowest BCUT2D eigenvalue weighted by atomic mass is 10.1. The number of benzene rings is 1. The first-order chi connectivity index (χ1) is 9.02. The molecule has 0 amide bonds. The lowest BCUT2D eigenvalue weighted by molar-refractivity contribution is 0.0996.